The molecule has 9 heavy (non-hydrogen) atoms. The van der Waals surface area contributed by atoms with Crippen LogP contribution in [0.3, 0.4) is 0 Å². The van der Waals surface area contributed by atoms with Crippen LogP contribution in [0.2, 0.25) is 0 Å². The Morgan fingerprint density at radius 3 is 0.778 bits per heavy atom. The van der Waals surface area contributed by atoms with E-state index in [0.717, 1.165) is 0 Å². The van der Waals surface area contributed by atoms with Crippen LogP contribution < -0.4 is 16.8 Å². The van der Waals surface area contributed by atoms with Gasteiger partial charge in [-0.2, -0.15) is 0 Å². The summed E-state index contributed by atoms with van der Waals surface area (Å²) in [5, 5.41) is 0. The smallest absolute Gasteiger partial charge is 4.00 e. The molecule has 0 aliphatic heterocycles. The molecule has 0 aliphatic carbocycles. The first-order valence-electron chi connectivity index (χ1n) is 1.00. The minimum Gasteiger partial charge on any atom is 4.00 e. The molecule has 0 amide bonds. The summed E-state index contributed by atoms with van der Waals surface area (Å²) < 4.78 is 51.2. The molecule has 0 saturated carbocycles. The molecule has 0 heterocycles. The molecular weight excluding hydrogens is 486 g/mol. The first-order chi connectivity index (χ1) is 3.46. The Labute approximate surface area is 92.0 Å². The molecule has 0 spiro atoms. The second-order valence-electron chi connectivity index (χ2n) is 0.408. The Bertz CT molecular complexity index is 69.1. The van der Waals surface area contributed by atoms with Crippen molar-refractivity contribution < 1.29 is 64.4 Å². The van der Waals surface area contributed by atoms with Crippen molar-refractivity contribution in [1.82, 2.24) is 0 Å². The van der Waals surface area contributed by atoms with Crippen LogP contribution in [-0.2, 0) is 7.67 Å². The Balaban J connectivity index is -0.0000000720. The predicted molar refractivity (Wildman–Crippen MR) is 12.9 cm³/mol. The van der Waals surface area contributed by atoms with E-state index in [-0.39, 0.29) is 39.9 Å². The molecule has 0 aromatic carbocycles. The summed E-state index contributed by atoms with van der Waals surface area (Å²) in [4.78, 5) is 0. The monoisotopic (exact) mass is 488 g/mol. The van der Waals surface area contributed by atoms with Gasteiger partial charge in [-0.15, -0.1) is 0 Å². The third-order valence-corrected chi connectivity index (χ3v) is 0. The summed E-state index contributed by atoms with van der Waals surface area (Å²) in [5.41, 5.74) is 0. The molecule has 0 fully saturated rings. The maximum atomic E-state index is 8.54. The van der Waals surface area contributed by atoms with E-state index in [4.69, 9.17) is 24.4 Å². The van der Waals surface area contributed by atoms with E-state index >= 15 is 0 Å². The van der Waals surface area contributed by atoms with Gasteiger partial charge in [0, 0.05) is 0 Å². The normalized spacial score (nSPS) is 7.78. The minimum atomic E-state index is -3.79. The zero-order valence-corrected chi connectivity index (χ0v) is 11.3. The van der Waals surface area contributed by atoms with Crippen molar-refractivity contribution >= 4 is 29.0 Å². The van der Waals surface area contributed by atoms with Crippen molar-refractivity contribution in [3.63, 3.8) is 0 Å². The molecule has 0 aromatic rings. The van der Waals surface area contributed by atoms with Crippen LogP contribution in [0.5, 0.6) is 0 Å². The fourth-order valence-electron chi connectivity index (χ4n) is 0. The van der Waals surface area contributed by atoms with Crippen LogP contribution in [0.4, 0.5) is 0 Å². The molecule has 0 radical (unpaired) electrons. The van der Waals surface area contributed by atoms with Crippen molar-refractivity contribution in [1.29, 1.82) is 0 Å². The summed E-state index contributed by atoms with van der Waals surface area (Å²) >= 11 is -7.58. The third kappa shape index (κ3) is 184. The molecule has 0 saturated heterocycles. The third-order valence-electron chi connectivity index (χ3n) is 0. The maximum Gasteiger partial charge on any atom is 4.00 e. The van der Waals surface area contributed by atoms with E-state index in [9.17, 15) is 0 Å². The van der Waals surface area contributed by atoms with E-state index in [1.807, 2.05) is 0 Å². The van der Waals surface area contributed by atoms with E-state index in [2.05, 4.69) is 0 Å². The van der Waals surface area contributed by atoms with Crippen molar-refractivity contribution in [3.8, 4) is 0 Å². The maximum absolute atomic E-state index is 8.54. The van der Waals surface area contributed by atoms with Gasteiger partial charge < -0.3 is 0 Å². The van der Waals surface area contributed by atoms with Crippen molar-refractivity contribution in [2.45, 2.75) is 0 Å². The summed E-state index contributed by atoms with van der Waals surface area (Å²) in [6.45, 7) is 0. The van der Waals surface area contributed by atoms with E-state index in [0.29, 0.717) is 0 Å². The van der Waals surface area contributed by atoms with Gasteiger partial charge in [0.2, 0.25) is 0 Å². The fraction of sp³-hybridized carbons (Fsp3) is 0. The first-order valence-corrected chi connectivity index (χ1v) is 5.20. The van der Waals surface area contributed by atoms with Gasteiger partial charge in [0.15, 0.2) is 0 Å². The molecule has 0 aromatic heterocycles. The van der Waals surface area contributed by atoms with E-state index in [1.54, 1.807) is 0 Å². The molecule has 0 unspecified atom stereocenters. The topological polar surface area (TPSA) is 126 Å². The molecule has 6 nitrogen and oxygen atoms in total. The van der Waals surface area contributed by atoms with E-state index in [1.165, 1.54) is 0 Å². The number of rotatable bonds is 0. The molecule has 52 valence electrons. The van der Waals surface area contributed by atoms with Crippen LogP contribution in [0, 0.1) is 39.9 Å². The number of hydrogen-bond donors (Lipinski definition) is 0. The second kappa shape index (κ2) is 12.5. The summed E-state index contributed by atoms with van der Waals surface area (Å²) in [5.74, 6) is 0. The van der Waals surface area contributed by atoms with Gasteiger partial charge in [0.05, 0.1) is 0 Å². The Hall–Kier alpha value is 1.80. The van der Waals surface area contributed by atoms with Gasteiger partial charge in [-0.3, -0.25) is 0 Å². The number of hydrogen-bond acceptors (Lipinski definition) is 6. The largest absolute Gasteiger partial charge is 4.00 e. The summed E-state index contributed by atoms with van der Waals surface area (Å²) in [6, 6.07) is 0. The van der Waals surface area contributed by atoms with Gasteiger partial charge in [0.1, 0.15) is 0 Å². The van der Waals surface area contributed by atoms with Gasteiger partial charge in [-0.1, -0.05) is 0 Å². The molecule has 0 N–H and O–H groups in total. The average Bonchev–Trinajstić information content (AvgIpc) is 1.25. The van der Waals surface area contributed by atoms with Crippen molar-refractivity contribution in [2.75, 3.05) is 0 Å². The predicted octanol–water partition coefficient (Wildman–Crippen LogP) is -5.76. The zero-order valence-electron chi connectivity index (χ0n) is 3.77. The SMILES string of the molecule is O=[Se]([O-])[O-].O=[Se]([O-])[O-].[Th+4]. The first kappa shape index (κ1) is 17.1. The van der Waals surface area contributed by atoms with E-state index < -0.39 is 29.0 Å². The Kier molecular flexibility index (Phi) is 23.6. The standard InChI is InChI=1S/2H2O3Se.Th/c2*1-4(2)3;/h2*(H2,1,2,3);/q;;+4/p-4. The van der Waals surface area contributed by atoms with Gasteiger partial charge >= 0.3 is 93.3 Å². The Morgan fingerprint density at radius 1 is 0.778 bits per heavy atom. The molecular formula is O6Se2Th. The van der Waals surface area contributed by atoms with Gasteiger partial charge in [0.25, 0.3) is 0 Å². The van der Waals surface area contributed by atoms with Crippen LogP contribution >= 0.6 is 0 Å². The molecule has 0 aliphatic rings. The quantitative estimate of drug-likeness (QED) is 0.315. The summed E-state index contributed by atoms with van der Waals surface area (Å²) in [7, 11) is 0. The van der Waals surface area contributed by atoms with Gasteiger partial charge in [-0.25, -0.2) is 0 Å². The van der Waals surface area contributed by atoms with Crippen LogP contribution in [0.25, 0.3) is 0 Å². The minimum absolute atomic E-state index is 0. The fourth-order valence-corrected chi connectivity index (χ4v) is 0. The molecule has 0 atom stereocenters. The van der Waals surface area contributed by atoms with Crippen LogP contribution in [0.1, 0.15) is 0 Å². The van der Waals surface area contributed by atoms with Crippen LogP contribution in [0.15, 0.2) is 0 Å². The van der Waals surface area contributed by atoms with Crippen LogP contribution in [-0.4, -0.2) is 29.0 Å². The molecule has 9 heteroatoms. The summed E-state index contributed by atoms with van der Waals surface area (Å²) in [6.07, 6.45) is 0. The second-order valence-corrected chi connectivity index (χ2v) is 2.12. The average molecular weight is 486 g/mol. The van der Waals surface area contributed by atoms with Crippen molar-refractivity contribution in [3.05, 3.63) is 0 Å². The zero-order chi connectivity index (χ0) is 7.15. The van der Waals surface area contributed by atoms with Crippen molar-refractivity contribution in [2.24, 2.45) is 0 Å². The molecule has 0 rings (SSSR count). The molecule has 0 bridgehead atoms. The van der Waals surface area contributed by atoms with Gasteiger partial charge in [-0.05, 0) is 0 Å². The Morgan fingerprint density at radius 2 is 0.778 bits per heavy atom.